The van der Waals surface area contributed by atoms with Gasteiger partial charge in [0.2, 0.25) is 0 Å². The first-order valence-electron chi connectivity index (χ1n) is 9.33. The number of benzene rings is 2. The van der Waals surface area contributed by atoms with E-state index in [2.05, 4.69) is 10.3 Å². The van der Waals surface area contributed by atoms with Crippen molar-refractivity contribution in [2.24, 2.45) is 0 Å². The van der Waals surface area contributed by atoms with Crippen molar-refractivity contribution in [3.63, 3.8) is 0 Å². The smallest absolute Gasteiger partial charge is 0.286 e. The highest BCUT2D eigenvalue weighted by Gasteiger charge is 2.19. The van der Waals surface area contributed by atoms with Gasteiger partial charge in [-0.05, 0) is 49.0 Å². The molecule has 0 spiro atoms. The van der Waals surface area contributed by atoms with Crippen molar-refractivity contribution in [3.8, 4) is 22.1 Å². The molecule has 0 saturated carbocycles. The Kier molecular flexibility index (Phi) is 7.19. The van der Waals surface area contributed by atoms with Crippen LogP contribution in [0, 0.1) is 6.92 Å². The number of ether oxygens (including phenoxy) is 2. The van der Waals surface area contributed by atoms with Gasteiger partial charge in [0.15, 0.2) is 11.5 Å². The normalized spacial score (nSPS) is 10.5. The molecule has 3 aromatic rings. The van der Waals surface area contributed by atoms with E-state index < -0.39 is 0 Å². The fourth-order valence-corrected chi connectivity index (χ4v) is 4.43. The lowest BCUT2D eigenvalue weighted by atomic mass is 10.2. The van der Waals surface area contributed by atoms with Crippen LogP contribution < -0.4 is 14.8 Å². The van der Waals surface area contributed by atoms with E-state index in [1.165, 1.54) is 16.2 Å². The molecule has 2 amide bonds. The first-order chi connectivity index (χ1) is 14.8. The highest BCUT2D eigenvalue weighted by Crippen LogP contribution is 2.35. The maximum atomic E-state index is 13.0. The van der Waals surface area contributed by atoms with E-state index in [1.54, 1.807) is 53.4 Å². The van der Waals surface area contributed by atoms with Crippen molar-refractivity contribution in [2.75, 3.05) is 33.6 Å². The van der Waals surface area contributed by atoms with E-state index in [0.717, 1.165) is 17.3 Å². The number of hydrogen-bond donors (Lipinski definition) is 1. The molecule has 9 heteroatoms. The zero-order valence-corrected chi connectivity index (χ0v) is 19.5. The molecule has 0 aliphatic heterocycles. The summed E-state index contributed by atoms with van der Waals surface area (Å²) >= 11 is 2.36. The van der Waals surface area contributed by atoms with Crippen LogP contribution >= 0.6 is 23.1 Å². The Labute approximate surface area is 189 Å². The van der Waals surface area contributed by atoms with E-state index in [4.69, 9.17) is 9.47 Å². The number of aryl methyl sites for hydroxylation is 1. The summed E-state index contributed by atoms with van der Waals surface area (Å²) in [6.07, 6.45) is 0. The van der Waals surface area contributed by atoms with Gasteiger partial charge in [-0.1, -0.05) is 12.1 Å². The number of amides is 2. The summed E-state index contributed by atoms with van der Waals surface area (Å²) in [5, 5.41) is 3.50. The largest absolute Gasteiger partial charge is 0.493 e. The standard InChI is InChI=1S/C22H23N3O4S2/c1-13-19(31-21(23-13)14-10-11-16(28-4)17(12-14)29-5)20(26)24-15-8-6-7-9-18(15)30-22(27)25(2)3/h6-12H,1-5H3,(H,24,26). The number of carbonyl (C=O) groups excluding carboxylic acids is 2. The van der Waals surface area contributed by atoms with Crippen molar-refractivity contribution in [1.82, 2.24) is 9.88 Å². The van der Waals surface area contributed by atoms with Crippen LogP contribution in [0.1, 0.15) is 15.4 Å². The first-order valence-corrected chi connectivity index (χ1v) is 11.0. The molecule has 0 atom stereocenters. The molecule has 7 nitrogen and oxygen atoms in total. The third-order valence-electron chi connectivity index (χ3n) is 4.33. The number of carbonyl (C=O) groups is 2. The van der Waals surface area contributed by atoms with Crippen molar-refractivity contribution < 1.29 is 19.1 Å². The summed E-state index contributed by atoms with van der Waals surface area (Å²) in [5.41, 5.74) is 2.03. The number of nitrogens with one attached hydrogen (secondary N) is 1. The molecule has 0 aliphatic rings. The molecule has 2 aromatic carbocycles. The molecule has 1 N–H and O–H groups in total. The predicted octanol–water partition coefficient (Wildman–Crippen LogP) is 5.16. The summed E-state index contributed by atoms with van der Waals surface area (Å²) in [7, 11) is 6.53. The monoisotopic (exact) mass is 457 g/mol. The fourth-order valence-electron chi connectivity index (χ4n) is 2.72. The van der Waals surface area contributed by atoms with Crippen LogP contribution in [0.4, 0.5) is 10.5 Å². The minimum absolute atomic E-state index is 0.119. The van der Waals surface area contributed by atoms with Gasteiger partial charge in [0.05, 0.1) is 25.6 Å². The molecule has 162 valence electrons. The SMILES string of the molecule is COc1ccc(-c2nc(C)c(C(=O)Nc3ccccc3SC(=O)N(C)C)s2)cc1OC. The summed E-state index contributed by atoms with van der Waals surface area (Å²) in [6.45, 7) is 1.80. The molecule has 0 radical (unpaired) electrons. The minimum Gasteiger partial charge on any atom is -0.493 e. The van der Waals surface area contributed by atoms with E-state index in [1.807, 2.05) is 24.3 Å². The van der Waals surface area contributed by atoms with Crippen LogP contribution in [0.15, 0.2) is 47.4 Å². The van der Waals surface area contributed by atoms with Crippen molar-refractivity contribution in [2.45, 2.75) is 11.8 Å². The zero-order chi connectivity index (χ0) is 22.5. The molecule has 0 fully saturated rings. The molecule has 1 heterocycles. The number of thioether (sulfide) groups is 1. The van der Waals surface area contributed by atoms with Crippen LogP contribution in [-0.4, -0.2) is 49.3 Å². The Hall–Kier alpha value is -3.04. The van der Waals surface area contributed by atoms with Gasteiger partial charge in [0, 0.05) is 24.6 Å². The maximum absolute atomic E-state index is 13.0. The van der Waals surface area contributed by atoms with Crippen molar-refractivity contribution in [3.05, 3.63) is 53.0 Å². The lowest BCUT2D eigenvalue weighted by molar-refractivity contribution is 0.102. The number of para-hydroxylation sites is 1. The second-order valence-electron chi connectivity index (χ2n) is 6.72. The number of nitrogens with zero attached hydrogens (tertiary/aromatic N) is 2. The lowest BCUT2D eigenvalue weighted by Crippen LogP contribution is -2.17. The van der Waals surface area contributed by atoms with Crippen LogP contribution in [-0.2, 0) is 0 Å². The average Bonchev–Trinajstić information content (AvgIpc) is 3.16. The van der Waals surface area contributed by atoms with Gasteiger partial charge in [-0.3, -0.25) is 9.59 Å². The second-order valence-corrected chi connectivity index (χ2v) is 8.71. The summed E-state index contributed by atoms with van der Waals surface area (Å²) in [6, 6.07) is 12.7. The zero-order valence-electron chi connectivity index (χ0n) is 17.9. The van der Waals surface area contributed by atoms with Crippen molar-refractivity contribution in [1.29, 1.82) is 0 Å². The molecule has 0 unspecified atom stereocenters. The second kappa shape index (κ2) is 9.84. The van der Waals surface area contributed by atoms with Gasteiger partial charge < -0.3 is 19.7 Å². The fraction of sp³-hybridized carbons (Fsp3) is 0.227. The van der Waals surface area contributed by atoms with E-state index >= 15 is 0 Å². The number of hydrogen-bond acceptors (Lipinski definition) is 7. The Morgan fingerprint density at radius 3 is 2.45 bits per heavy atom. The Balaban J connectivity index is 1.85. The minimum atomic E-state index is -0.271. The van der Waals surface area contributed by atoms with Crippen LogP contribution in [0.3, 0.4) is 0 Å². The lowest BCUT2D eigenvalue weighted by Gasteiger charge is -2.12. The van der Waals surface area contributed by atoms with E-state index in [-0.39, 0.29) is 11.1 Å². The van der Waals surface area contributed by atoms with Crippen LogP contribution in [0.2, 0.25) is 0 Å². The molecular formula is C22H23N3O4S2. The average molecular weight is 458 g/mol. The Bertz CT molecular complexity index is 1110. The summed E-state index contributed by atoms with van der Waals surface area (Å²) < 4.78 is 10.6. The van der Waals surface area contributed by atoms with Gasteiger partial charge in [-0.25, -0.2) is 4.98 Å². The van der Waals surface area contributed by atoms with Crippen LogP contribution in [0.25, 0.3) is 10.6 Å². The summed E-state index contributed by atoms with van der Waals surface area (Å²) in [5.74, 6) is 0.946. The molecule has 0 aliphatic carbocycles. The third kappa shape index (κ3) is 5.18. The number of rotatable bonds is 6. The molecular weight excluding hydrogens is 434 g/mol. The van der Waals surface area contributed by atoms with Crippen molar-refractivity contribution >= 4 is 39.9 Å². The number of methoxy groups -OCH3 is 2. The highest BCUT2D eigenvalue weighted by atomic mass is 32.2. The van der Waals surface area contributed by atoms with Gasteiger partial charge in [-0.15, -0.1) is 11.3 Å². The molecule has 0 saturated heterocycles. The topological polar surface area (TPSA) is 80.8 Å². The van der Waals surface area contributed by atoms with E-state index in [9.17, 15) is 9.59 Å². The molecule has 3 rings (SSSR count). The van der Waals surface area contributed by atoms with E-state index in [0.29, 0.717) is 37.7 Å². The summed E-state index contributed by atoms with van der Waals surface area (Å²) in [4.78, 5) is 32.3. The third-order valence-corrected chi connectivity index (χ3v) is 6.65. The van der Waals surface area contributed by atoms with Crippen LogP contribution in [0.5, 0.6) is 11.5 Å². The highest BCUT2D eigenvalue weighted by molar-refractivity contribution is 8.13. The first kappa shape index (κ1) is 22.6. The van der Waals surface area contributed by atoms with Gasteiger partial charge in [0.25, 0.3) is 11.1 Å². The predicted molar refractivity (Wildman–Crippen MR) is 125 cm³/mol. The molecule has 31 heavy (non-hydrogen) atoms. The Morgan fingerprint density at radius 2 is 1.77 bits per heavy atom. The van der Waals surface area contributed by atoms with Gasteiger partial charge >= 0.3 is 0 Å². The molecule has 0 bridgehead atoms. The Morgan fingerprint density at radius 1 is 1.06 bits per heavy atom. The van der Waals surface area contributed by atoms with Gasteiger partial charge in [-0.2, -0.15) is 0 Å². The quantitative estimate of drug-likeness (QED) is 0.515. The molecule has 1 aromatic heterocycles. The number of aromatic nitrogens is 1. The van der Waals surface area contributed by atoms with Gasteiger partial charge in [0.1, 0.15) is 9.88 Å². The maximum Gasteiger partial charge on any atom is 0.286 e. The number of thiazole rings is 1. The number of anilines is 1.